The maximum absolute atomic E-state index is 13.4. The molecule has 2 aromatic rings. The molecule has 0 unspecified atom stereocenters. The van der Waals surface area contributed by atoms with E-state index in [9.17, 15) is 18.4 Å². The van der Waals surface area contributed by atoms with Crippen molar-refractivity contribution >= 4 is 17.6 Å². The fourth-order valence-electron chi connectivity index (χ4n) is 2.47. The molecule has 0 saturated carbocycles. The van der Waals surface area contributed by atoms with Crippen LogP contribution in [0.5, 0.6) is 0 Å². The Morgan fingerprint density at radius 2 is 1.64 bits per heavy atom. The molecule has 7 heteroatoms. The van der Waals surface area contributed by atoms with E-state index in [2.05, 4.69) is 10.6 Å². The molecule has 0 aliphatic rings. The van der Waals surface area contributed by atoms with Crippen LogP contribution in [0.3, 0.4) is 0 Å². The predicted molar refractivity (Wildman–Crippen MR) is 105 cm³/mol. The fraction of sp³-hybridized carbons (Fsp3) is 0.333. The molecular formula is C21H25F2N3O2. The van der Waals surface area contributed by atoms with Gasteiger partial charge in [-0.05, 0) is 42.3 Å². The van der Waals surface area contributed by atoms with Gasteiger partial charge in [0.2, 0.25) is 5.91 Å². The number of amides is 3. The van der Waals surface area contributed by atoms with E-state index in [-0.39, 0.29) is 17.9 Å². The topological polar surface area (TPSA) is 61.4 Å². The van der Waals surface area contributed by atoms with Crippen LogP contribution in [0, 0.1) is 17.6 Å². The van der Waals surface area contributed by atoms with Crippen LogP contribution < -0.4 is 10.6 Å². The molecule has 0 aliphatic carbocycles. The molecule has 5 nitrogen and oxygen atoms in total. The molecule has 3 amide bonds. The van der Waals surface area contributed by atoms with E-state index in [0.717, 1.165) is 17.7 Å². The molecular weight excluding hydrogens is 364 g/mol. The molecule has 2 rings (SSSR count). The van der Waals surface area contributed by atoms with E-state index >= 15 is 0 Å². The Bertz CT molecular complexity index is 838. The largest absolute Gasteiger partial charge is 0.334 e. The fourth-order valence-corrected chi connectivity index (χ4v) is 2.47. The molecule has 1 atom stereocenters. The molecule has 0 radical (unpaired) electrons. The van der Waals surface area contributed by atoms with E-state index in [4.69, 9.17) is 0 Å². The second-order valence-corrected chi connectivity index (χ2v) is 6.96. The van der Waals surface area contributed by atoms with Gasteiger partial charge in [-0.15, -0.1) is 0 Å². The molecule has 2 aromatic carbocycles. The summed E-state index contributed by atoms with van der Waals surface area (Å²) in [5, 5.41) is 5.59. The number of anilines is 1. The van der Waals surface area contributed by atoms with Gasteiger partial charge in [-0.1, -0.05) is 32.0 Å². The van der Waals surface area contributed by atoms with Crippen LogP contribution in [0.25, 0.3) is 0 Å². The molecule has 28 heavy (non-hydrogen) atoms. The van der Waals surface area contributed by atoms with Gasteiger partial charge >= 0.3 is 6.03 Å². The van der Waals surface area contributed by atoms with Crippen LogP contribution in [0.1, 0.15) is 37.9 Å². The van der Waals surface area contributed by atoms with Crippen LogP contribution in [-0.2, 0) is 11.3 Å². The number of benzene rings is 2. The summed E-state index contributed by atoms with van der Waals surface area (Å²) in [6.45, 7) is 5.67. The van der Waals surface area contributed by atoms with Gasteiger partial charge in [0.15, 0.2) is 11.6 Å². The Balaban J connectivity index is 1.91. The van der Waals surface area contributed by atoms with Crippen molar-refractivity contribution in [2.45, 2.75) is 33.4 Å². The summed E-state index contributed by atoms with van der Waals surface area (Å²) in [4.78, 5) is 25.5. The molecule has 0 bridgehead atoms. The van der Waals surface area contributed by atoms with Gasteiger partial charge in [0.05, 0.1) is 6.04 Å². The van der Waals surface area contributed by atoms with Crippen LogP contribution in [0.4, 0.5) is 19.3 Å². The standard InChI is InChI=1S/C21H25F2N3O2/c1-13(2)20(27)25-17-8-5-15(6-9-17)12-24-21(28)26(4)14(3)16-7-10-18(22)19(23)11-16/h5-11,13-14H,12H2,1-4H3,(H,24,28)(H,25,27)/t14-/m0/s1. The van der Waals surface area contributed by atoms with Gasteiger partial charge < -0.3 is 15.5 Å². The lowest BCUT2D eigenvalue weighted by Crippen LogP contribution is -2.38. The zero-order valence-electron chi connectivity index (χ0n) is 16.4. The van der Waals surface area contributed by atoms with Crippen molar-refractivity contribution < 1.29 is 18.4 Å². The Morgan fingerprint density at radius 3 is 2.21 bits per heavy atom. The lowest BCUT2D eigenvalue weighted by molar-refractivity contribution is -0.118. The minimum atomic E-state index is -0.942. The predicted octanol–water partition coefficient (Wildman–Crippen LogP) is 4.46. The minimum absolute atomic E-state index is 0.0612. The number of carbonyl (C=O) groups is 2. The molecule has 150 valence electrons. The first kappa shape index (κ1) is 21.3. The second kappa shape index (κ2) is 9.30. The lowest BCUT2D eigenvalue weighted by Gasteiger charge is -2.25. The number of hydrogen-bond acceptors (Lipinski definition) is 2. The van der Waals surface area contributed by atoms with Gasteiger partial charge in [0.25, 0.3) is 0 Å². The number of rotatable bonds is 6. The average Bonchev–Trinajstić information content (AvgIpc) is 2.68. The number of nitrogens with one attached hydrogen (secondary N) is 2. The van der Waals surface area contributed by atoms with Crippen molar-refractivity contribution in [2.75, 3.05) is 12.4 Å². The van der Waals surface area contributed by atoms with Crippen LogP contribution >= 0.6 is 0 Å². The highest BCUT2D eigenvalue weighted by atomic mass is 19.2. The third-order valence-electron chi connectivity index (χ3n) is 4.52. The Hall–Kier alpha value is -2.96. The zero-order chi connectivity index (χ0) is 20.8. The molecule has 0 spiro atoms. The molecule has 0 aliphatic heterocycles. The normalized spacial score (nSPS) is 11.8. The zero-order valence-corrected chi connectivity index (χ0v) is 16.4. The summed E-state index contributed by atoms with van der Waals surface area (Å²) in [6.07, 6.45) is 0. The van der Waals surface area contributed by atoms with Crippen molar-refractivity contribution in [3.63, 3.8) is 0 Å². The quantitative estimate of drug-likeness (QED) is 0.766. The summed E-state index contributed by atoms with van der Waals surface area (Å²) >= 11 is 0. The van der Waals surface area contributed by atoms with Crippen LogP contribution in [-0.4, -0.2) is 23.9 Å². The molecule has 2 N–H and O–H groups in total. The monoisotopic (exact) mass is 389 g/mol. The summed E-state index contributed by atoms with van der Waals surface area (Å²) in [6, 6.07) is 10.0. The third kappa shape index (κ3) is 5.52. The highest BCUT2D eigenvalue weighted by molar-refractivity contribution is 5.92. The Labute approximate surface area is 163 Å². The molecule has 0 fully saturated rings. The van der Waals surface area contributed by atoms with Crippen molar-refractivity contribution in [2.24, 2.45) is 5.92 Å². The van der Waals surface area contributed by atoms with E-state index in [1.165, 1.54) is 11.0 Å². The average molecular weight is 389 g/mol. The van der Waals surface area contributed by atoms with Crippen molar-refractivity contribution in [1.29, 1.82) is 0 Å². The molecule has 0 aromatic heterocycles. The van der Waals surface area contributed by atoms with Gasteiger partial charge in [-0.2, -0.15) is 0 Å². The minimum Gasteiger partial charge on any atom is -0.334 e. The smallest absolute Gasteiger partial charge is 0.317 e. The summed E-state index contributed by atoms with van der Waals surface area (Å²) in [5.41, 5.74) is 2.06. The lowest BCUT2D eigenvalue weighted by atomic mass is 10.1. The SMILES string of the molecule is CC(C)C(=O)Nc1ccc(CNC(=O)N(C)[C@@H](C)c2ccc(F)c(F)c2)cc1. The molecule has 0 saturated heterocycles. The summed E-state index contributed by atoms with van der Waals surface area (Å²) in [7, 11) is 1.59. The van der Waals surface area contributed by atoms with E-state index in [1.54, 1.807) is 26.1 Å². The highest BCUT2D eigenvalue weighted by Crippen LogP contribution is 2.21. The van der Waals surface area contributed by atoms with Crippen molar-refractivity contribution in [3.8, 4) is 0 Å². The Kier molecular flexibility index (Phi) is 7.09. The van der Waals surface area contributed by atoms with Crippen LogP contribution in [0.15, 0.2) is 42.5 Å². The van der Waals surface area contributed by atoms with E-state index < -0.39 is 17.7 Å². The molecule has 0 heterocycles. The van der Waals surface area contributed by atoms with Crippen molar-refractivity contribution in [3.05, 3.63) is 65.2 Å². The Morgan fingerprint density at radius 1 is 1.00 bits per heavy atom. The first-order chi connectivity index (χ1) is 13.2. The van der Waals surface area contributed by atoms with Gasteiger partial charge in [0.1, 0.15) is 0 Å². The van der Waals surface area contributed by atoms with Crippen LogP contribution in [0.2, 0.25) is 0 Å². The first-order valence-corrected chi connectivity index (χ1v) is 9.04. The van der Waals surface area contributed by atoms with E-state index in [0.29, 0.717) is 17.8 Å². The number of nitrogens with zero attached hydrogens (tertiary/aromatic N) is 1. The van der Waals surface area contributed by atoms with Gasteiger partial charge in [-0.3, -0.25) is 4.79 Å². The maximum atomic E-state index is 13.4. The van der Waals surface area contributed by atoms with Gasteiger partial charge in [0, 0.05) is 25.2 Å². The van der Waals surface area contributed by atoms with Gasteiger partial charge in [-0.25, -0.2) is 13.6 Å². The first-order valence-electron chi connectivity index (χ1n) is 9.04. The number of carbonyl (C=O) groups excluding carboxylic acids is 2. The summed E-state index contributed by atoms with van der Waals surface area (Å²) < 4.78 is 26.5. The van der Waals surface area contributed by atoms with E-state index in [1.807, 2.05) is 26.0 Å². The maximum Gasteiger partial charge on any atom is 0.317 e. The second-order valence-electron chi connectivity index (χ2n) is 6.96. The number of halogens is 2. The van der Waals surface area contributed by atoms with Crippen molar-refractivity contribution in [1.82, 2.24) is 10.2 Å². The highest BCUT2D eigenvalue weighted by Gasteiger charge is 2.18. The number of urea groups is 1. The summed E-state index contributed by atoms with van der Waals surface area (Å²) in [5.74, 6) is -2.03. The third-order valence-corrected chi connectivity index (χ3v) is 4.52. The number of hydrogen-bond donors (Lipinski definition) is 2.